The minimum atomic E-state index is -0.353. The summed E-state index contributed by atoms with van der Waals surface area (Å²) in [6, 6.07) is 9.38. The quantitative estimate of drug-likeness (QED) is 0.524. The third-order valence-electron chi connectivity index (χ3n) is 3.91. The lowest BCUT2D eigenvalue weighted by molar-refractivity contribution is 0.0517. The van der Waals surface area contributed by atoms with Crippen molar-refractivity contribution in [3.05, 3.63) is 51.9 Å². The number of nitrogen functional groups attached to an aromatic ring is 1. The van der Waals surface area contributed by atoms with Gasteiger partial charge in [0.2, 0.25) is 0 Å². The Kier molecular flexibility index (Phi) is 7.66. The predicted octanol–water partition coefficient (Wildman–Crippen LogP) is 4.25. The topological polar surface area (TPSA) is 78.6 Å². The second-order valence-corrected chi connectivity index (χ2v) is 7.00. The van der Waals surface area contributed by atoms with Gasteiger partial charge in [-0.25, -0.2) is 9.59 Å². The Morgan fingerprint density at radius 2 is 1.58 bits per heavy atom. The molecule has 5 nitrogen and oxygen atoms in total. The van der Waals surface area contributed by atoms with E-state index >= 15 is 0 Å². The van der Waals surface area contributed by atoms with Gasteiger partial charge in [0.05, 0.1) is 24.3 Å². The highest BCUT2D eigenvalue weighted by atomic mass is 32.1. The normalized spacial score (nSPS) is 10.5. The number of thiophene rings is 1. The maximum absolute atomic E-state index is 11.8. The molecule has 0 aliphatic carbocycles. The first kappa shape index (κ1) is 20.0. The summed E-state index contributed by atoms with van der Waals surface area (Å²) in [5.74, 6) is -0.638. The molecular formula is C20H25NO4S. The first-order valence-electron chi connectivity index (χ1n) is 8.86. The zero-order valence-corrected chi connectivity index (χ0v) is 16.1. The SMILES string of the molecule is CCOC(=O)c1ccc(CCCCc2cc(C(=O)OCC)c(N)s2)cc1. The Morgan fingerprint density at radius 3 is 2.23 bits per heavy atom. The van der Waals surface area contributed by atoms with Gasteiger partial charge in [-0.05, 0) is 63.3 Å². The molecule has 2 N–H and O–H groups in total. The van der Waals surface area contributed by atoms with Crippen LogP contribution in [0.5, 0.6) is 0 Å². The molecule has 0 saturated carbocycles. The molecule has 26 heavy (non-hydrogen) atoms. The highest BCUT2D eigenvalue weighted by Crippen LogP contribution is 2.27. The number of rotatable bonds is 9. The van der Waals surface area contributed by atoms with E-state index in [4.69, 9.17) is 15.2 Å². The number of carbonyl (C=O) groups excluding carboxylic acids is 2. The number of hydrogen-bond acceptors (Lipinski definition) is 6. The first-order valence-corrected chi connectivity index (χ1v) is 9.68. The van der Waals surface area contributed by atoms with Gasteiger partial charge in [-0.2, -0.15) is 0 Å². The number of ether oxygens (including phenoxy) is 2. The Balaban J connectivity index is 1.79. The highest BCUT2D eigenvalue weighted by Gasteiger charge is 2.14. The van der Waals surface area contributed by atoms with Crippen LogP contribution in [0.4, 0.5) is 5.00 Å². The minimum absolute atomic E-state index is 0.285. The number of anilines is 1. The molecule has 1 aromatic heterocycles. The van der Waals surface area contributed by atoms with Crippen LogP contribution in [0.2, 0.25) is 0 Å². The third kappa shape index (κ3) is 5.59. The van der Waals surface area contributed by atoms with Crippen molar-refractivity contribution in [2.75, 3.05) is 18.9 Å². The largest absolute Gasteiger partial charge is 0.462 e. The summed E-state index contributed by atoms with van der Waals surface area (Å²) < 4.78 is 9.98. The van der Waals surface area contributed by atoms with Crippen LogP contribution in [0.1, 0.15) is 57.8 Å². The molecule has 0 aliphatic heterocycles. The number of nitrogens with two attached hydrogens (primary N) is 1. The average molecular weight is 375 g/mol. The van der Waals surface area contributed by atoms with E-state index in [1.54, 1.807) is 26.0 Å². The van der Waals surface area contributed by atoms with Crippen LogP contribution in [0.3, 0.4) is 0 Å². The summed E-state index contributed by atoms with van der Waals surface area (Å²) in [7, 11) is 0. The number of unbranched alkanes of at least 4 members (excludes halogenated alkanes) is 1. The van der Waals surface area contributed by atoms with Crippen LogP contribution in [0.25, 0.3) is 0 Å². The van der Waals surface area contributed by atoms with Crippen molar-refractivity contribution in [2.24, 2.45) is 0 Å². The number of hydrogen-bond donors (Lipinski definition) is 1. The van der Waals surface area contributed by atoms with Crippen LogP contribution < -0.4 is 5.73 Å². The number of carbonyl (C=O) groups is 2. The average Bonchev–Trinajstić information content (AvgIpc) is 3.00. The van der Waals surface area contributed by atoms with E-state index in [2.05, 4.69) is 0 Å². The highest BCUT2D eigenvalue weighted by molar-refractivity contribution is 7.16. The van der Waals surface area contributed by atoms with Crippen LogP contribution in [0, 0.1) is 0 Å². The summed E-state index contributed by atoms with van der Waals surface area (Å²) in [5, 5.41) is 0.521. The molecule has 0 spiro atoms. The zero-order chi connectivity index (χ0) is 18.9. The van der Waals surface area contributed by atoms with Gasteiger partial charge in [-0.3, -0.25) is 0 Å². The zero-order valence-electron chi connectivity index (χ0n) is 15.2. The maximum atomic E-state index is 11.8. The summed E-state index contributed by atoms with van der Waals surface area (Å²) >= 11 is 1.45. The summed E-state index contributed by atoms with van der Waals surface area (Å²) in [6.07, 6.45) is 3.84. The Bertz CT molecular complexity index is 737. The smallest absolute Gasteiger partial charge is 0.341 e. The van der Waals surface area contributed by atoms with Crippen LogP contribution >= 0.6 is 11.3 Å². The standard InChI is InChI=1S/C20H25NO4S/c1-3-24-19(22)15-11-9-14(10-12-15)7-5-6-8-16-13-17(18(21)26-16)20(23)25-4-2/h9-13H,3-8,21H2,1-2H3. The first-order chi connectivity index (χ1) is 12.5. The van der Waals surface area contributed by atoms with Gasteiger partial charge in [-0.15, -0.1) is 11.3 Å². The van der Waals surface area contributed by atoms with Crippen molar-refractivity contribution >= 4 is 28.3 Å². The molecule has 0 fully saturated rings. The molecule has 0 atom stereocenters. The van der Waals surface area contributed by atoms with E-state index in [1.165, 1.54) is 16.9 Å². The second kappa shape index (κ2) is 9.97. The van der Waals surface area contributed by atoms with Crippen molar-refractivity contribution in [2.45, 2.75) is 39.5 Å². The van der Waals surface area contributed by atoms with E-state index < -0.39 is 0 Å². The van der Waals surface area contributed by atoms with Crippen molar-refractivity contribution < 1.29 is 19.1 Å². The Morgan fingerprint density at radius 1 is 0.962 bits per heavy atom. The Hall–Kier alpha value is -2.34. The molecule has 0 unspecified atom stereocenters. The molecule has 6 heteroatoms. The van der Waals surface area contributed by atoms with Crippen molar-refractivity contribution in [3.63, 3.8) is 0 Å². The van der Waals surface area contributed by atoms with E-state index in [1.807, 2.05) is 18.2 Å². The maximum Gasteiger partial charge on any atom is 0.341 e. The molecule has 0 bridgehead atoms. The summed E-state index contributed by atoms with van der Waals surface area (Å²) in [5.41, 5.74) is 8.15. The lowest BCUT2D eigenvalue weighted by atomic mass is 10.0. The van der Waals surface area contributed by atoms with Gasteiger partial charge >= 0.3 is 11.9 Å². The van der Waals surface area contributed by atoms with Crippen molar-refractivity contribution in [1.29, 1.82) is 0 Å². The van der Waals surface area contributed by atoms with E-state index in [-0.39, 0.29) is 11.9 Å². The molecule has 2 rings (SSSR count). The minimum Gasteiger partial charge on any atom is -0.462 e. The molecule has 0 saturated heterocycles. The van der Waals surface area contributed by atoms with Gasteiger partial charge in [0.15, 0.2) is 0 Å². The van der Waals surface area contributed by atoms with Gasteiger partial charge in [0.25, 0.3) is 0 Å². The van der Waals surface area contributed by atoms with Gasteiger partial charge in [0.1, 0.15) is 5.00 Å². The number of benzene rings is 1. The monoisotopic (exact) mass is 375 g/mol. The lowest BCUT2D eigenvalue weighted by Crippen LogP contribution is -2.05. The van der Waals surface area contributed by atoms with Crippen molar-refractivity contribution in [1.82, 2.24) is 0 Å². The van der Waals surface area contributed by atoms with Crippen LogP contribution in [-0.2, 0) is 22.3 Å². The number of aryl methyl sites for hydroxylation is 2. The molecule has 1 aromatic carbocycles. The molecule has 0 radical (unpaired) electrons. The van der Waals surface area contributed by atoms with E-state index in [9.17, 15) is 9.59 Å². The molecule has 2 aromatic rings. The summed E-state index contributed by atoms with van der Waals surface area (Å²) in [4.78, 5) is 24.5. The van der Waals surface area contributed by atoms with E-state index in [0.717, 1.165) is 30.6 Å². The molecule has 0 amide bonds. The molecule has 1 heterocycles. The van der Waals surface area contributed by atoms with Crippen molar-refractivity contribution in [3.8, 4) is 0 Å². The molecule has 0 aliphatic rings. The predicted molar refractivity (Wildman–Crippen MR) is 104 cm³/mol. The van der Waals surface area contributed by atoms with E-state index in [0.29, 0.717) is 29.3 Å². The van der Waals surface area contributed by atoms with Gasteiger partial charge < -0.3 is 15.2 Å². The fourth-order valence-corrected chi connectivity index (χ4v) is 3.56. The Labute approximate surface area is 158 Å². The second-order valence-electron chi connectivity index (χ2n) is 5.84. The molecular weight excluding hydrogens is 350 g/mol. The van der Waals surface area contributed by atoms with Gasteiger partial charge in [-0.1, -0.05) is 12.1 Å². The summed E-state index contributed by atoms with van der Waals surface area (Å²) in [6.45, 7) is 4.30. The van der Waals surface area contributed by atoms with Crippen LogP contribution in [0.15, 0.2) is 30.3 Å². The van der Waals surface area contributed by atoms with Gasteiger partial charge in [0, 0.05) is 4.88 Å². The lowest BCUT2D eigenvalue weighted by Gasteiger charge is -2.04. The third-order valence-corrected chi connectivity index (χ3v) is 4.93. The fourth-order valence-electron chi connectivity index (χ4n) is 2.60. The molecule has 140 valence electrons. The number of esters is 2. The fraction of sp³-hybridized carbons (Fsp3) is 0.400. The van der Waals surface area contributed by atoms with Crippen LogP contribution in [-0.4, -0.2) is 25.2 Å².